The Bertz CT molecular complexity index is 903. The lowest BCUT2D eigenvalue weighted by atomic mass is 10.2. The van der Waals surface area contributed by atoms with E-state index in [1.165, 1.54) is 30.6 Å². The number of hydrogen-bond donors (Lipinski definition) is 1. The third-order valence-corrected chi connectivity index (χ3v) is 3.97. The first-order valence-electron chi connectivity index (χ1n) is 7.86. The van der Waals surface area contributed by atoms with Crippen LogP contribution in [0.15, 0.2) is 60.9 Å². The predicted octanol–water partition coefficient (Wildman–Crippen LogP) is 4.28. The number of nitrogens with one attached hydrogen (secondary N) is 1. The lowest BCUT2D eigenvalue weighted by molar-refractivity contribution is 0.0784. The Morgan fingerprint density at radius 3 is 2.50 bits per heavy atom. The van der Waals surface area contributed by atoms with Crippen molar-refractivity contribution in [3.8, 4) is 0 Å². The first-order valence-corrected chi connectivity index (χ1v) is 8.24. The van der Waals surface area contributed by atoms with E-state index < -0.39 is 5.82 Å². The average Bonchev–Trinajstić information content (AvgIpc) is 2.65. The summed E-state index contributed by atoms with van der Waals surface area (Å²) in [5.74, 6) is -0.388. The summed E-state index contributed by atoms with van der Waals surface area (Å²) in [6, 6.07) is 13.9. The summed E-state index contributed by atoms with van der Waals surface area (Å²) in [5.41, 5.74) is 1.97. The average molecular weight is 371 g/mol. The van der Waals surface area contributed by atoms with Crippen molar-refractivity contribution >= 4 is 29.1 Å². The Hall–Kier alpha value is -2.99. The minimum atomic E-state index is -0.500. The maximum Gasteiger partial charge on any atom is 0.257 e. The number of halogens is 2. The summed E-state index contributed by atoms with van der Waals surface area (Å²) in [6.45, 7) is 0.494. The molecule has 0 bridgehead atoms. The van der Waals surface area contributed by atoms with Crippen molar-refractivity contribution in [2.75, 3.05) is 12.4 Å². The second-order valence-electron chi connectivity index (χ2n) is 5.70. The highest BCUT2D eigenvalue weighted by atomic mass is 35.5. The summed E-state index contributed by atoms with van der Waals surface area (Å²) < 4.78 is 13.2. The highest BCUT2D eigenvalue weighted by Crippen LogP contribution is 2.21. The number of hydrogen-bond acceptors (Lipinski definition) is 4. The zero-order valence-corrected chi connectivity index (χ0v) is 14.7. The number of aromatic nitrogens is 2. The van der Waals surface area contributed by atoms with Gasteiger partial charge in [0.2, 0.25) is 5.95 Å². The summed E-state index contributed by atoms with van der Waals surface area (Å²) in [7, 11) is 1.72. The van der Waals surface area contributed by atoms with E-state index in [9.17, 15) is 9.18 Å². The van der Waals surface area contributed by atoms with Gasteiger partial charge in [-0.1, -0.05) is 41.9 Å². The van der Waals surface area contributed by atoms with Gasteiger partial charge < -0.3 is 10.2 Å². The zero-order valence-electron chi connectivity index (χ0n) is 14.0. The van der Waals surface area contributed by atoms with Crippen LogP contribution in [0.2, 0.25) is 5.02 Å². The van der Waals surface area contributed by atoms with Gasteiger partial charge in [0.15, 0.2) is 0 Å². The van der Waals surface area contributed by atoms with Crippen LogP contribution in [0.4, 0.5) is 16.0 Å². The maximum absolute atomic E-state index is 13.2. The van der Waals surface area contributed by atoms with Gasteiger partial charge in [-0.25, -0.2) is 14.4 Å². The van der Waals surface area contributed by atoms with E-state index in [0.717, 1.165) is 5.56 Å². The van der Waals surface area contributed by atoms with Crippen molar-refractivity contribution in [2.24, 2.45) is 0 Å². The third kappa shape index (κ3) is 4.34. The van der Waals surface area contributed by atoms with E-state index in [1.807, 2.05) is 30.3 Å². The first kappa shape index (κ1) is 17.8. The summed E-state index contributed by atoms with van der Waals surface area (Å²) >= 11 is 5.74. The number of carbonyl (C=O) groups excluding carboxylic acids is 1. The highest BCUT2D eigenvalue weighted by Gasteiger charge is 2.13. The van der Waals surface area contributed by atoms with E-state index in [-0.39, 0.29) is 16.9 Å². The molecule has 26 heavy (non-hydrogen) atoms. The van der Waals surface area contributed by atoms with Gasteiger partial charge in [-0.3, -0.25) is 4.79 Å². The second-order valence-corrected chi connectivity index (χ2v) is 6.10. The van der Waals surface area contributed by atoms with Crippen molar-refractivity contribution in [1.29, 1.82) is 0 Å². The van der Waals surface area contributed by atoms with E-state index in [1.54, 1.807) is 11.9 Å². The Kier molecular flexibility index (Phi) is 5.43. The molecule has 1 amide bonds. The second kappa shape index (κ2) is 7.93. The molecule has 0 atom stereocenters. The van der Waals surface area contributed by atoms with Crippen LogP contribution in [0, 0.1) is 5.82 Å². The maximum atomic E-state index is 13.2. The van der Waals surface area contributed by atoms with Crippen LogP contribution in [-0.2, 0) is 6.54 Å². The molecule has 5 nitrogen and oxygen atoms in total. The number of carbonyl (C=O) groups is 1. The van der Waals surface area contributed by atoms with Crippen LogP contribution in [0.5, 0.6) is 0 Å². The Morgan fingerprint density at radius 1 is 1.15 bits per heavy atom. The summed E-state index contributed by atoms with van der Waals surface area (Å²) in [5, 5.41) is 2.91. The fourth-order valence-corrected chi connectivity index (χ4v) is 2.54. The van der Waals surface area contributed by atoms with Gasteiger partial charge in [0.05, 0.1) is 10.6 Å². The van der Waals surface area contributed by atoms with Crippen LogP contribution in [-0.4, -0.2) is 27.8 Å². The first-order chi connectivity index (χ1) is 12.5. The Balaban J connectivity index is 1.66. The van der Waals surface area contributed by atoms with Gasteiger partial charge >= 0.3 is 0 Å². The SMILES string of the molecule is CN(Cc1ccccc1)C(=O)c1cnc(Nc2ccc(F)c(Cl)c2)nc1. The Morgan fingerprint density at radius 2 is 1.85 bits per heavy atom. The monoisotopic (exact) mass is 370 g/mol. The largest absolute Gasteiger partial charge is 0.337 e. The van der Waals surface area contributed by atoms with Gasteiger partial charge in [0.1, 0.15) is 5.82 Å². The van der Waals surface area contributed by atoms with Crippen LogP contribution in [0.25, 0.3) is 0 Å². The predicted molar refractivity (Wildman–Crippen MR) is 99.0 cm³/mol. The van der Waals surface area contributed by atoms with Crippen molar-refractivity contribution in [1.82, 2.24) is 14.9 Å². The van der Waals surface area contributed by atoms with E-state index in [0.29, 0.717) is 17.8 Å². The molecule has 0 saturated heterocycles. The molecule has 0 aliphatic heterocycles. The van der Waals surface area contributed by atoms with Gasteiger partial charge in [-0.05, 0) is 23.8 Å². The standard InChI is InChI=1S/C19H16ClFN4O/c1-25(12-13-5-3-2-4-6-13)18(26)14-10-22-19(23-11-14)24-15-7-8-17(21)16(20)9-15/h2-11H,12H2,1H3,(H,22,23,24). The molecule has 0 unspecified atom stereocenters. The number of rotatable bonds is 5. The lowest BCUT2D eigenvalue weighted by Crippen LogP contribution is -2.26. The molecular weight excluding hydrogens is 355 g/mol. The van der Waals surface area contributed by atoms with E-state index in [4.69, 9.17) is 11.6 Å². The molecule has 132 valence electrons. The van der Waals surface area contributed by atoms with Crippen LogP contribution in [0.3, 0.4) is 0 Å². The van der Waals surface area contributed by atoms with Gasteiger partial charge in [0, 0.05) is 31.7 Å². The molecule has 1 aromatic heterocycles. The lowest BCUT2D eigenvalue weighted by Gasteiger charge is -2.17. The van der Waals surface area contributed by atoms with Gasteiger partial charge in [-0.2, -0.15) is 0 Å². The molecule has 0 saturated carbocycles. The highest BCUT2D eigenvalue weighted by molar-refractivity contribution is 6.31. The number of anilines is 2. The molecule has 1 heterocycles. The number of nitrogens with zero attached hydrogens (tertiary/aromatic N) is 3. The molecule has 3 rings (SSSR count). The molecule has 0 aliphatic rings. The topological polar surface area (TPSA) is 58.1 Å². The fourth-order valence-electron chi connectivity index (χ4n) is 2.36. The molecule has 0 radical (unpaired) electrons. The van der Waals surface area contributed by atoms with E-state index in [2.05, 4.69) is 15.3 Å². The molecule has 1 N–H and O–H groups in total. The van der Waals surface area contributed by atoms with Crippen molar-refractivity contribution < 1.29 is 9.18 Å². The fraction of sp³-hybridized carbons (Fsp3) is 0.105. The Labute approximate surface area is 155 Å². The van der Waals surface area contributed by atoms with Crippen molar-refractivity contribution in [3.05, 3.63) is 82.9 Å². The molecule has 0 aliphatic carbocycles. The van der Waals surface area contributed by atoms with Gasteiger partial charge in [-0.15, -0.1) is 0 Å². The molecule has 3 aromatic rings. The molecule has 0 fully saturated rings. The molecule has 7 heteroatoms. The van der Waals surface area contributed by atoms with Crippen LogP contribution >= 0.6 is 11.6 Å². The quantitative estimate of drug-likeness (QED) is 0.728. The molecule has 2 aromatic carbocycles. The number of amides is 1. The van der Waals surface area contributed by atoms with Crippen LogP contribution < -0.4 is 5.32 Å². The van der Waals surface area contributed by atoms with Crippen molar-refractivity contribution in [2.45, 2.75) is 6.54 Å². The van der Waals surface area contributed by atoms with E-state index >= 15 is 0 Å². The minimum Gasteiger partial charge on any atom is -0.337 e. The zero-order chi connectivity index (χ0) is 18.5. The summed E-state index contributed by atoms with van der Waals surface area (Å²) in [6.07, 6.45) is 2.90. The normalized spacial score (nSPS) is 10.4. The molecular formula is C19H16ClFN4O. The van der Waals surface area contributed by atoms with Gasteiger partial charge in [0.25, 0.3) is 5.91 Å². The summed E-state index contributed by atoms with van der Waals surface area (Å²) in [4.78, 5) is 22.3. The minimum absolute atomic E-state index is 0.00401. The van der Waals surface area contributed by atoms with Crippen molar-refractivity contribution in [3.63, 3.8) is 0 Å². The third-order valence-electron chi connectivity index (χ3n) is 3.68. The smallest absolute Gasteiger partial charge is 0.257 e. The van der Waals surface area contributed by atoms with Crippen LogP contribution in [0.1, 0.15) is 15.9 Å². The molecule has 0 spiro atoms. The number of benzene rings is 2.